The van der Waals surface area contributed by atoms with Crippen LogP contribution in [0.2, 0.25) is 0 Å². The van der Waals surface area contributed by atoms with Crippen LogP contribution in [0.1, 0.15) is 5.56 Å². The Bertz CT molecular complexity index is 754. The molecule has 2 aromatic rings. The number of benzene rings is 1. The van der Waals surface area contributed by atoms with Crippen molar-refractivity contribution in [1.82, 2.24) is 4.98 Å². The van der Waals surface area contributed by atoms with Crippen molar-refractivity contribution >= 4 is 19.7 Å². The predicted octanol–water partition coefficient (Wildman–Crippen LogP) is 2.67. The number of hydrogen-bond donors (Lipinski definition) is 0. The zero-order chi connectivity index (χ0) is 13.9. The number of rotatable bonds is 3. The van der Waals surface area contributed by atoms with E-state index in [1.165, 1.54) is 24.4 Å². The predicted molar refractivity (Wildman–Crippen MR) is 68.5 cm³/mol. The third kappa shape index (κ3) is 3.02. The van der Waals surface area contributed by atoms with Gasteiger partial charge in [-0.1, -0.05) is 12.1 Å². The van der Waals surface area contributed by atoms with Gasteiger partial charge in [-0.05, 0) is 24.3 Å². The molecule has 0 N–H and O–H groups in total. The van der Waals surface area contributed by atoms with Crippen LogP contribution in [-0.4, -0.2) is 13.4 Å². The molecule has 96 valence electrons. The smallest absolute Gasteiger partial charge is 0.266 e. The molecule has 0 spiro atoms. The Morgan fingerprint density at radius 1 is 1.21 bits per heavy atom. The Kier molecular flexibility index (Phi) is 3.69. The third-order valence-electron chi connectivity index (χ3n) is 2.21. The molecule has 0 unspecified atom stereocenters. The molecule has 7 heteroatoms. The van der Waals surface area contributed by atoms with Crippen LogP contribution in [0.15, 0.2) is 47.5 Å². The Hall–Kier alpha value is -2.10. The van der Waals surface area contributed by atoms with Crippen molar-refractivity contribution in [2.45, 2.75) is 4.90 Å². The zero-order valence-corrected chi connectivity index (χ0v) is 11.0. The quantitative estimate of drug-likeness (QED) is 0.813. The van der Waals surface area contributed by atoms with Crippen molar-refractivity contribution in [2.75, 3.05) is 0 Å². The van der Waals surface area contributed by atoms with E-state index in [9.17, 15) is 8.42 Å². The summed E-state index contributed by atoms with van der Waals surface area (Å²) in [5.41, 5.74) is 0.270. The number of pyridine rings is 1. The van der Waals surface area contributed by atoms with E-state index >= 15 is 0 Å². The first-order valence-electron chi connectivity index (χ1n) is 5.09. The lowest BCUT2D eigenvalue weighted by atomic mass is 10.2. The highest BCUT2D eigenvalue weighted by atomic mass is 35.7. The summed E-state index contributed by atoms with van der Waals surface area (Å²) >= 11 is 0. The van der Waals surface area contributed by atoms with Crippen LogP contribution in [-0.2, 0) is 9.05 Å². The highest BCUT2D eigenvalue weighted by molar-refractivity contribution is 8.13. The van der Waals surface area contributed by atoms with Gasteiger partial charge >= 0.3 is 0 Å². The summed E-state index contributed by atoms with van der Waals surface area (Å²) in [6.45, 7) is 0. The van der Waals surface area contributed by atoms with Crippen molar-refractivity contribution < 1.29 is 13.2 Å². The summed E-state index contributed by atoms with van der Waals surface area (Å²) in [6, 6.07) is 11.1. The molecule has 0 amide bonds. The van der Waals surface area contributed by atoms with Gasteiger partial charge in [-0.25, -0.2) is 13.4 Å². The van der Waals surface area contributed by atoms with E-state index in [2.05, 4.69) is 4.98 Å². The summed E-state index contributed by atoms with van der Waals surface area (Å²) in [7, 11) is 1.32. The maximum Gasteiger partial charge on any atom is 0.266 e. The molecule has 0 bridgehead atoms. The third-order valence-corrected chi connectivity index (χ3v) is 3.55. The molecule has 0 fully saturated rings. The van der Waals surface area contributed by atoms with Crippen molar-refractivity contribution in [3.05, 3.63) is 48.2 Å². The van der Waals surface area contributed by atoms with Crippen molar-refractivity contribution in [3.63, 3.8) is 0 Å². The molecule has 1 heterocycles. The minimum Gasteiger partial charge on any atom is -0.436 e. The Balaban J connectivity index is 2.48. The number of nitriles is 1. The molecule has 1 aromatic carbocycles. The Labute approximate surface area is 114 Å². The van der Waals surface area contributed by atoms with Gasteiger partial charge in [0.15, 0.2) is 0 Å². The van der Waals surface area contributed by atoms with Gasteiger partial charge in [-0.2, -0.15) is 5.26 Å². The number of hydrogen-bond acceptors (Lipinski definition) is 5. The first-order chi connectivity index (χ1) is 9.02. The molecule has 0 aliphatic carbocycles. The van der Waals surface area contributed by atoms with E-state index in [0.717, 1.165) is 0 Å². The van der Waals surface area contributed by atoms with Crippen LogP contribution in [0.4, 0.5) is 0 Å². The first kappa shape index (κ1) is 13.3. The average molecular weight is 295 g/mol. The van der Waals surface area contributed by atoms with Crippen LogP contribution >= 0.6 is 10.7 Å². The number of ether oxygens (including phenoxy) is 1. The van der Waals surface area contributed by atoms with Gasteiger partial charge in [0, 0.05) is 16.9 Å². The fourth-order valence-corrected chi connectivity index (χ4v) is 2.29. The lowest BCUT2D eigenvalue weighted by Gasteiger charge is -2.08. The van der Waals surface area contributed by atoms with Crippen LogP contribution in [0.5, 0.6) is 11.6 Å². The van der Waals surface area contributed by atoms with Crippen LogP contribution in [0, 0.1) is 11.3 Å². The van der Waals surface area contributed by atoms with E-state index in [1.807, 2.05) is 6.07 Å². The molecule has 0 saturated heterocycles. The highest BCUT2D eigenvalue weighted by Crippen LogP contribution is 2.30. The van der Waals surface area contributed by atoms with Crippen molar-refractivity contribution in [1.29, 1.82) is 5.26 Å². The standard InChI is InChI=1S/C12H7ClN2O3S/c13-19(16,17)11-6-3-7-15-12(11)18-10-5-2-1-4-9(10)8-14/h1-7H. The minimum absolute atomic E-state index is 0.166. The van der Waals surface area contributed by atoms with Crippen LogP contribution < -0.4 is 4.74 Å². The maximum absolute atomic E-state index is 11.4. The molecule has 5 nitrogen and oxygen atoms in total. The lowest BCUT2D eigenvalue weighted by molar-refractivity contribution is 0.446. The van der Waals surface area contributed by atoms with Gasteiger partial charge in [0.1, 0.15) is 16.7 Å². The maximum atomic E-state index is 11.4. The summed E-state index contributed by atoms with van der Waals surface area (Å²) < 4.78 is 28.1. The van der Waals surface area contributed by atoms with Crippen molar-refractivity contribution in [2.24, 2.45) is 0 Å². The Morgan fingerprint density at radius 2 is 1.95 bits per heavy atom. The molecular weight excluding hydrogens is 288 g/mol. The van der Waals surface area contributed by atoms with Crippen molar-refractivity contribution in [3.8, 4) is 17.7 Å². The van der Waals surface area contributed by atoms with Crippen LogP contribution in [0.25, 0.3) is 0 Å². The van der Waals surface area contributed by atoms with E-state index in [-0.39, 0.29) is 22.1 Å². The number of para-hydroxylation sites is 1. The molecule has 0 aliphatic heterocycles. The monoisotopic (exact) mass is 294 g/mol. The molecule has 1 aromatic heterocycles. The molecule has 0 radical (unpaired) electrons. The number of halogens is 1. The van der Waals surface area contributed by atoms with E-state index < -0.39 is 9.05 Å². The zero-order valence-electron chi connectivity index (χ0n) is 9.45. The minimum atomic E-state index is -3.97. The fourth-order valence-electron chi connectivity index (χ4n) is 1.39. The van der Waals surface area contributed by atoms with Gasteiger partial charge in [0.2, 0.25) is 5.88 Å². The molecule has 2 rings (SSSR count). The summed E-state index contributed by atoms with van der Waals surface area (Å²) in [4.78, 5) is 3.57. The largest absolute Gasteiger partial charge is 0.436 e. The number of aromatic nitrogens is 1. The summed E-state index contributed by atoms with van der Waals surface area (Å²) in [6.07, 6.45) is 1.37. The molecule has 0 atom stereocenters. The molecular formula is C12H7ClN2O3S. The second kappa shape index (κ2) is 5.26. The first-order valence-corrected chi connectivity index (χ1v) is 7.40. The van der Waals surface area contributed by atoms with Gasteiger partial charge in [0.25, 0.3) is 9.05 Å². The van der Waals surface area contributed by atoms with Gasteiger partial charge in [-0.3, -0.25) is 0 Å². The normalized spacial score (nSPS) is 10.7. The van der Waals surface area contributed by atoms with E-state index in [4.69, 9.17) is 20.7 Å². The second-order valence-corrected chi connectivity index (χ2v) is 5.99. The Morgan fingerprint density at radius 3 is 2.63 bits per heavy atom. The summed E-state index contributed by atoms with van der Waals surface area (Å²) in [5.74, 6) is 0.0467. The topological polar surface area (TPSA) is 80.0 Å². The average Bonchev–Trinajstić information content (AvgIpc) is 2.39. The summed E-state index contributed by atoms with van der Waals surface area (Å²) in [5, 5.41) is 8.93. The van der Waals surface area contributed by atoms with E-state index in [1.54, 1.807) is 18.2 Å². The van der Waals surface area contributed by atoms with Gasteiger partial charge in [-0.15, -0.1) is 0 Å². The molecule has 0 aliphatic rings. The van der Waals surface area contributed by atoms with Gasteiger partial charge < -0.3 is 4.74 Å². The van der Waals surface area contributed by atoms with Gasteiger partial charge in [0.05, 0.1) is 5.56 Å². The molecule has 0 saturated carbocycles. The lowest BCUT2D eigenvalue weighted by Crippen LogP contribution is -1.98. The SMILES string of the molecule is N#Cc1ccccc1Oc1ncccc1S(=O)(=O)Cl. The fraction of sp³-hybridized carbons (Fsp3) is 0. The number of nitrogens with zero attached hydrogens (tertiary/aromatic N) is 2. The highest BCUT2D eigenvalue weighted by Gasteiger charge is 2.19. The molecule has 19 heavy (non-hydrogen) atoms. The van der Waals surface area contributed by atoms with E-state index in [0.29, 0.717) is 0 Å². The van der Waals surface area contributed by atoms with Crippen LogP contribution in [0.3, 0.4) is 0 Å². The second-order valence-electron chi connectivity index (χ2n) is 3.45.